The van der Waals surface area contributed by atoms with E-state index in [1.54, 1.807) is 6.07 Å². The highest BCUT2D eigenvalue weighted by Gasteiger charge is 2.17. The first-order valence-corrected chi connectivity index (χ1v) is 11.0. The van der Waals surface area contributed by atoms with Crippen LogP contribution in [0.3, 0.4) is 0 Å². The maximum Gasteiger partial charge on any atom is 0.338 e. The summed E-state index contributed by atoms with van der Waals surface area (Å²) in [5.41, 5.74) is 0.355. The van der Waals surface area contributed by atoms with E-state index in [-0.39, 0.29) is 23.6 Å². The van der Waals surface area contributed by atoms with Crippen molar-refractivity contribution < 1.29 is 22.4 Å². The molecule has 7 nitrogen and oxygen atoms in total. The zero-order valence-corrected chi connectivity index (χ0v) is 17.5. The minimum absolute atomic E-state index is 0.0470. The Morgan fingerprint density at radius 1 is 1.06 bits per heavy atom. The molecule has 0 fully saturated rings. The Morgan fingerprint density at radius 2 is 1.88 bits per heavy atom. The van der Waals surface area contributed by atoms with Crippen LogP contribution in [-0.4, -0.2) is 20.9 Å². The molecule has 0 radical (unpaired) electrons. The fourth-order valence-electron chi connectivity index (χ4n) is 3.37. The number of terminal acetylenes is 1. The normalized spacial score (nSPS) is 11.3. The summed E-state index contributed by atoms with van der Waals surface area (Å²) in [5, 5.41) is 2.47. The highest BCUT2D eigenvalue weighted by atomic mass is 32.2. The molecule has 0 amide bonds. The first-order valence-electron chi connectivity index (χ1n) is 9.54. The SMILES string of the molecule is C#CCNS(=O)(=O)c1cccc(C(=O)OCc2cc(=O)oc3ccc4ccccc4c23)c1. The number of nitrogens with one attached hydrogen (secondary N) is 1. The molecule has 0 aliphatic rings. The number of carbonyl (C=O) groups excluding carboxylic acids is 1. The van der Waals surface area contributed by atoms with Gasteiger partial charge in [-0.1, -0.05) is 42.3 Å². The quantitative estimate of drug-likeness (QED) is 0.211. The van der Waals surface area contributed by atoms with Crippen molar-refractivity contribution in [2.45, 2.75) is 11.5 Å². The molecule has 0 atom stereocenters. The molecule has 0 aliphatic carbocycles. The van der Waals surface area contributed by atoms with Crippen molar-refractivity contribution >= 4 is 37.7 Å². The number of carbonyl (C=O) groups is 1. The van der Waals surface area contributed by atoms with Crippen molar-refractivity contribution in [1.29, 1.82) is 0 Å². The Kier molecular flexibility index (Phi) is 5.77. The zero-order chi connectivity index (χ0) is 22.7. The van der Waals surface area contributed by atoms with Gasteiger partial charge in [0.25, 0.3) is 0 Å². The maximum absolute atomic E-state index is 12.6. The van der Waals surface area contributed by atoms with E-state index in [9.17, 15) is 18.0 Å². The Morgan fingerprint density at radius 3 is 2.69 bits per heavy atom. The number of hydrogen-bond donors (Lipinski definition) is 1. The summed E-state index contributed by atoms with van der Waals surface area (Å²) in [6.45, 7) is -0.365. The second-order valence-electron chi connectivity index (χ2n) is 6.88. The van der Waals surface area contributed by atoms with Crippen LogP contribution >= 0.6 is 0 Å². The second kappa shape index (κ2) is 8.67. The number of sulfonamides is 1. The van der Waals surface area contributed by atoms with Crippen molar-refractivity contribution in [2.75, 3.05) is 6.54 Å². The van der Waals surface area contributed by atoms with Gasteiger partial charge in [0.15, 0.2) is 0 Å². The number of rotatable bonds is 6. The van der Waals surface area contributed by atoms with Crippen LogP contribution in [0.5, 0.6) is 0 Å². The van der Waals surface area contributed by atoms with Gasteiger partial charge in [-0.2, -0.15) is 4.72 Å². The lowest BCUT2D eigenvalue weighted by Gasteiger charge is -2.10. The van der Waals surface area contributed by atoms with E-state index >= 15 is 0 Å². The molecule has 1 aromatic heterocycles. The van der Waals surface area contributed by atoms with Crippen LogP contribution < -0.4 is 10.3 Å². The highest BCUT2D eigenvalue weighted by molar-refractivity contribution is 7.89. The molecule has 4 rings (SSSR count). The molecule has 0 saturated carbocycles. The molecule has 32 heavy (non-hydrogen) atoms. The van der Waals surface area contributed by atoms with E-state index < -0.39 is 21.6 Å². The average Bonchev–Trinajstić information content (AvgIpc) is 2.80. The van der Waals surface area contributed by atoms with E-state index in [1.807, 2.05) is 30.3 Å². The summed E-state index contributed by atoms with van der Waals surface area (Å²) in [4.78, 5) is 24.5. The summed E-state index contributed by atoms with van der Waals surface area (Å²) in [5.74, 6) is 1.45. The summed E-state index contributed by atoms with van der Waals surface area (Å²) in [7, 11) is -3.86. The topological polar surface area (TPSA) is 103 Å². The molecule has 0 aliphatic heterocycles. The molecule has 3 aromatic carbocycles. The van der Waals surface area contributed by atoms with Gasteiger partial charge in [-0.25, -0.2) is 18.0 Å². The van der Waals surface area contributed by atoms with Crippen LogP contribution in [0.2, 0.25) is 0 Å². The standard InChI is InChI=1S/C24H17NO6S/c1-2-12-25-32(28,29)19-8-5-7-17(13-19)24(27)30-15-18-14-22(26)31-21-11-10-16-6-3-4-9-20(16)23(18)21/h1,3-11,13-14,25H,12,15H2. The summed E-state index contributed by atoms with van der Waals surface area (Å²) < 4.78 is 37.4. The Hall–Kier alpha value is -3.93. The lowest BCUT2D eigenvalue weighted by Crippen LogP contribution is -2.24. The lowest BCUT2D eigenvalue weighted by atomic mass is 10.0. The highest BCUT2D eigenvalue weighted by Crippen LogP contribution is 2.28. The summed E-state index contributed by atoms with van der Waals surface area (Å²) in [6, 6.07) is 17.8. The molecule has 0 saturated heterocycles. The number of esters is 1. The van der Waals surface area contributed by atoms with Gasteiger partial charge in [-0.05, 0) is 35.0 Å². The van der Waals surface area contributed by atoms with E-state index in [2.05, 4.69) is 10.6 Å². The molecule has 0 unspecified atom stereocenters. The van der Waals surface area contributed by atoms with Crippen LogP contribution in [0, 0.1) is 12.3 Å². The van der Waals surface area contributed by atoms with Crippen LogP contribution in [-0.2, 0) is 21.4 Å². The van der Waals surface area contributed by atoms with Crippen LogP contribution in [0.15, 0.2) is 80.8 Å². The number of ether oxygens (including phenoxy) is 1. The molecule has 4 aromatic rings. The minimum Gasteiger partial charge on any atom is -0.457 e. The van der Waals surface area contributed by atoms with Gasteiger partial charge in [0.05, 0.1) is 17.0 Å². The number of hydrogen-bond acceptors (Lipinski definition) is 6. The smallest absolute Gasteiger partial charge is 0.338 e. The van der Waals surface area contributed by atoms with Crippen molar-refractivity contribution in [3.05, 3.63) is 88.3 Å². The van der Waals surface area contributed by atoms with E-state index in [0.717, 1.165) is 10.8 Å². The van der Waals surface area contributed by atoms with Crippen molar-refractivity contribution in [1.82, 2.24) is 4.72 Å². The molecule has 8 heteroatoms. The fourth-order valence-corrected chi connectivity index (χ4v) is 4.35. The molecule has 1 N–H and O–H groups in total. The molecule has 1 heterocycles. The summed E-state index contributed by atoms with van der Waals surface area (Å²) >= 11 is 0. The van der Waals surface area contributed by atoms with Crippen LogP contribution in [0.4, 0.5) is 0 Å². The van der Waals surface area contributed by atoms with Gasteiger partial charge < -0.3 is 9.15 Å². The van der Waals surface area contributed by atoms with Crippen LogP contribution in [0.25, 0.3) is 21.7 Å². The Labute approximate surface area is 183 Å². The van der Waals surface area contributed by atoms with Gasteiger partial charge in [0.1, 0.15) is 12.2 Å². The minimum atomic E-state index is -3.86. The Balaban J connectivity index is 1.64. The second-order valence-corrected chi connectivity index (χ2v) is 8.65. The predicted octanol–water partition coefficient (Wildman–Crippen LogP) is 3.21. The zero-order valence-electron chi connectivity index (χ0n) is 16.7. The van der Waals surface area contributed by atoms with E-state index in [4.69, 9.17) is 15.6 Å². The molecule has 0 spiro atoms. The third kappa shape index (κ3) is 4.25. The monoisotopic (exact) mass is 447 g/mol. The molecule has 160 valence electrons. The predicted molar refractivity (Wildman–Crippen MR) is 120 cm³/mol. The van der Waals surface area contributed by atoms with Gasteiger partial charge in [0, 0.05) is 17.0 Å². The lowest BCUT2D eigenvalue weighted by molar-refractivity contribution is 0.0473. The summed E-state index contributed by atoms with van der Waals surface area (Å²) in [6.07, 6.45) is 5.09. The molecular formula is C24H17NO6S. The average molecular weight is 447 g/mol. The number of benzene rings is 3. The largest absolute Gasteiger partial charge is 0.457 e. The van der Waals surface area contributed by atoms with Gasteiger partial charge in [-0.15, -0.1) is 6.42 Å². The Bertz CT molecular complexity index is 1550. The van der Waals surface area contributed by atoms with Crippen LogP contribution in [0.1, 0.15) is 15.9 Å². The fraction of sp³-hybridized carbons (Fsp3) is 0.0833. The maximum atomic E-state index is 12.6. The van der Waals surface area contributed by atoms with Crippen molar-refractivity contribution in [3.63, 3.8) is 0 Å². The van der Waals surface area contributed by atoms with Gasteiger partial charge in [-0.3, -0.25) is 0 Å². The first-order chi connectivity index (χ1) is 15.4. The van der Waals surface area contributed by atoms with E-state index in [1.165, 1.54) is 30.3 Å². The molecular weight excluding hydrogens is 430 g/mol. The molecule has 0 bridgehead atoms. The van der Waals surface area contributed by atoms with E-state index in [0.29, 0.717) is 16.5 Å². The van der Waals surface area contributed by atoms with Gasteiger partial charge >= 0.3 is 11.6 Å². The third-order valence-electron chi connectivity index (χ3n) is 4.82. The first kappa shape index (κ1) is 21.3. The number of fused-ring (bicyclic) bond motifs is 3. The van der Waals surface area contributed by atoms with Crippen molar-refractivity contribution in [2.24, 2.45) is 0 Å². The van der Waals surface area contributed by atoms with Crippen molar-refractivity contribution in [3.8, 4) is 12.3 Å². The van der Waals surface area contributed by atoms with Gasteiger partial charge in [0.2, 0.25) is 10.0 Å². The third-order valence-corrected chi connectivity index (χ3v) is 6.22.